The molecule has 0 aromatic carbocycles. The van der Waals surface area contributed by atoms with Crippen LogP contribution in [-0.4, -0.2) is 53.8 Å². The fourth-order valence-electron chi connectivity index (χ4n) is 2.19. The Morgan fingerprint density at radius 3 is 3.05 bits per heavy atom. The summed E-state index contributed by atoms with van der Waals surface area (Å²) in [5, 5.41) is 12.9. The van der Waals surface area contributed by atoms with E-state index in [0.717, 1.165) is 31.0 Å². The monoisotopic (exact) mass is 406 g/mol. The lowest BCUT2D eigenvalue weighted by Crippen LogP contribution is -2.40. The molecule has 0 spiro atoms. The van der Waals surface area contributed by atoms with Crippen molar-refractivity contribution in [2.75, 3.05) is 26.7 Å². The highest BCUT2D eigenvalue weighted by Crippen LogP contribution is 2.12. The first-order valence-corrected chi connectivity index (χ1v) is 6.93. The molecule has 1 saturated heterocycles. The predicted octanol–water partition coefficient (Wildman–Crippen LogP) is 1.24. The highest BCUT2D eigenvalue weighted by Gasteiger charge is 2.22. The SMILES string of the molecule is CCNC(=NCc1ccnc(OC)c1)N1CC[C@@H](O)C1.I. The number of methoxy groups -OCH3 is 1. The van der Waals surface area contributed by atoms with E-state index in [-0.39, 0.29) is 30.1 Å². The Kier molecular flexibility index (Phi) is 7.73. The van der Waals surface area contributed by atoms with Crippen LogP contribution in [0.1, 0.15) is 18.9 Å². The third-order valence-electron chi connectivity index (χ3n) is 3.22. The summed E-state index contributed by atoms with van der Waals surface area (Å²) >= 11 is 0. The minimum Gasteiger partial charge on any atom is -0.481 e. The van der Waals surface area contributed by atoms with Gasteiger partial charge in [-0.3, -0.25) is 0 Å². The van der Waals surface area contributed by atoms with Gasteiger partial charge >= 0.3 is 0 Å². The molecule has 21 heavy (non-hydrogen) atoms. The molecule has 0 saturated carbocycles. The van der Waals surface area contributed by atoms with E-state index in [2.05, 4.69) is 20.2 Å². The van der Waals surface area contributed by atoms with Crippen molar-refractivity contribution in [1.29, 1.82) is 0 Å². The number of pyridine rings is 1. The van der Waals surface area contributed by atoms with Crippen molar-refractivity contribution in [2.45, 2.75) is 26.0 Å². The number of guanidine groups is 1. The number of hydrogen-bond acceptors (Lipinski definition) is 4. The second-order valence-corrected chi connectivity index (χ2v) is 4.77. The molecule has 0 unspecified atom stereocenters. The largest absolute Gasteiger partial charge is 0.481 e. The van der Waals surface area contributed by atoms with Crippen molar-refractivity contribution in [2.24, 2.45) is 4.99 Å². The first-order valence-electron chi connectivity index (χ1n) is 6.93. The number of rotatable bonds is 4. The van der Waals surface area contributed by atoms with Crippen LogP contribution >= 0.6 is 24.0 Å². The number of aliphatic imine (C=N–C) groups is 1. The van der Waals surface area contributed by atoms with Crippen LogP contribution in [0.3, 0.4) is 0 Å². The molecule has 2 heterocycles. The van der Waals surface area contributed by atoms with Crippen LogP contribution < -0.4 is 10.1 Å². The lowest BCUT2D eigenvalue weighted by atomic mass is 10.3. The van der Waals surface area contributed by atoms with E-state index >= 15 is 0 Å². The van der Waals surface area contributed by atoms with Gasteiger partial charge in [0, 0.05) is 31.9 Å². The molecule has 1 aliphatic rings. The topological polar surface area (TPSA) is 70.0 Å². The van der Waals surface area contributed by atoms with Gasteiger partial charge in [-0.15, -0.1) is 24.0 Å². The molecule has 2 rings (SSSR count). The van der Waals surface area contributed by atoms with Crippen molar-refractivity contribution in [3.63, 3.8) is 0 Å². The molecule has 1 aromatic heterocycles. The minimum atomic E-state index is -0.250. The van der Waals surface area contributed by atoms with Gasteiger partial charge in [-0.2, -0.15) is 0 Å². The van der Waals surface area contributed by atoms with Crippen LogP contribution in [0.5, 0.6) is 5.88 Å². The zero-order chi connectivity index (χ0) is 14.4. The van der Waals surface area contributed by atoms with E-state index in [1.54, 1.807) is 13.3 Å². The number of likely N-dealkylation sites (tertiary alicyclic amines) is 1. The van der Waals surface area contributed by atoms with Crippen LogP contribution in [0.15, 0.2) is 23.3 Å². The Balaban J connectivity index is 0.00000220. The van der Waals surface area contributed by atoms with Crippen LogP contribution in [0.2, 0.25) is 0 Å². The molecule has 1 aliphatic heterocycles. The molecule has 0 aliphatic carbocycles. The van der Waals surface area contributed by atoms with Crippen LogP contribution in [0.4, 0.5) is 0 Å². The number of aromatic nitrogens is 1. The number of aliphatic hydroxyl groups is 1. The van der Waals surface area contributed by atoms with Crippen molar-refractivity contribution in [1.82, 2.24) is 15.2 Å². The van der Waals surface area contributed by atoms with Crippen molar-refractivity contribution in [3.8, 4) is 5.88 Å². The van der Waals surface area contributed by atoms with Gasteiger partial charge in [-0.05, 0) is 25.0 Å². The molecule has 118 valence electrons. The fourth-order valence-corrected chi connectivity index (χ4v) is 2.19. The van der Waals surface area contributed by atoms with Gasteiger partial charge in [0.05, 0.1) is 19.8 Å². The number of β-amino-alcohol motifs (C(OH)–C–C–N with tert-alkyl or cyclic N) is 1. The van der Waals surface area contributed by atoms with Crippen molar-refractivity contribution < 1.29 is 9.84 Å². The van der Waals surface area contributed by atoms with Gasteiger partial charge in [0.25, 0.3) is 0 Å². The molecular weight excluding hydrogens is 383 g/mol. The summed E-state index contributed by atoms with van der Waals surface area (Å²) in [6.07, 6.45) is 2.27. The molecule has 0 amide bonds. The highest BCUT2D eigenvalue weighted by molar-refractivity contribution is 14.0. The summed E-state index contributed by atoms with van der Waals surface area (Å²) in [7, 11) is 1.60. The maximum Gasteiger partial charge on any atom is 0.213 e. The van der Waals surface area contributed by atoms with E-state index in [1.165, 1.54) is 0 Å². The smallest absolute Gasteiger partial charge is 0.213 e. The molecule has 0 radical (unpaired) electrons. The van der Waals surface area contributed by atoms with E-state index in [0.29, 0.717) is 19.0 Å². The van der Waals surface area contributed by atoms with Gasteiger partial charge in [-0.25, -0.2) is 9.98 Å². The first-order chi connectivity index (χ1) is 9.72. The third-order valence-corrected chi connectivity index (χ3v) is 3.22. The number of nitrogens with zero attached hydrogens (tertiary/aromatic N) is 3. The second-order valence-electron chi connectivity index (χ2n) is 4.77. The molecule has 2 N–H and O–H groups in total. The third kappa shape index (κ3) is 5.31. The summed E-state index contributed by atoms with van der Waals surface area (Å²) in [4.78, 5) is 10.8. The van der Waals surface area contributed by atoms with Crippen LogP contribution in [0.25, 0.3) is 0 Å². The van der Waals surface area contributed by atoms with E-state index < -0.39 is 0 Å². The number of nitrogens with one attached hydrogen (secondary N) is 1. The lowest BCUT2D eigenvalue weighted by Gasteiger charge is -2.20. The molecule has 6 nitrogen and oxygen atoms in total. The standard InChI is InChI=1S/C14H22N4O2.HI/c1-3-15-14(18-7-5-12(19)10-18)17-9-11-4-6-16-13(8-11)20-2;/h4,6,8,12,19H,3,5,7,9-10H2,1-2H3,(H,15,17);1H/t12-;/m1./s1. The average Bonchev–Trinajstić information content (AvgIpc) is 2.90. The Hall–Kier alpha value is -1.09. The van der Waals surface area contributed by atoms with Gasteiger partial charge in [0.2, 0.25) is 5.88 Å². The Bertz CT molecular complexity index is 470. The molecule has 1 aromatic rings. The number of hydrogen-bond donors (Lipinski definition) is 2. The highest BCUT2D eigenvalue weighted by atomic mass is 127. The molecular formula is C14H23IN4O2. The van der Waals surface area contributed by atoms with Crippen LogP contribution in [-0.2, 0) is 6.54 Å². The maximum atomic E-state index is 9.62. The zero-order valence-electron chi connectivity index (χ0n) is 12.5. The Morgan fingerprint density at radius 2 is 2.43 bits per heavy atom. The lowest BCUT2D eigenvalue weighted by molar-refractivity contribution is 0.188. The van der Waals surface area contributed by atoms with Gasteiger partial charge in [0.1, 0.15) is 0 Å². The van der Waals surface area contributed by atoms with Crippen molar-refractivity contribution >= 4 is 29.9 Å². The summed E-state index contributed by atoms with van der Waals surface area (Å²) in [5.74, 6) is 1.44. The zero-order valence-corrected chi connectivity index (χ0v) is 14.8. The molecule has 1 fully saturated rings. The first kappa shape index (κ1) is 18.0. The maximum absolute atomic E-state index is 9.62. The Labute approximate surface area is 142 Å². The van der Waals surface area contributed by atoms with Crippen molar-refractivity contribution in [3.05, 3.63) is 23.9 Å². The molecule has 1 atom stereocenters. The normalized spacial score (nSPS) is 18.3. The van der Waals surface area contributed by atoms with Gasteiger partial charge in [-0.1, -0.05) is 0 Å². The number of aliphatic hydroxyl groups excluding tert-OH is 1. The summed E-state index contributed by atoms with van der Waals surface area (Å²) < 4.78 is 5.10. The van der Waals surface area contributed by atoms with Crippen LogP contribution in [0, 0.1) is 0 Å². The molecule has 0 bridgehead atoms. The Morgan fingerprint density at radius 1 is 1.62 bits per heavy atom. The predicted molar refractivity (Wildman–Crippen MR) is 93.2 cm³/mol. The fraction of sp³-hybridized carbons (Fsp3) is 0.571. The molecule has 7 heteroatoms. The van der Waals surface area contributed by atoms with Gasteiger partial charge < -0.3 is 20.1 Å². The minimum absolute atomic E-state index is 0. The number of ether oxygens (including phenoxy) is 1. The van der Waals surface area contributed by atoms with E-state index in [4.69, 9.17) is 4.74 Å². The second kappa shape index (κ2) is 9.04. The number of halogens is 1. The van der Waals surface area contributed by atoms with E-state index in [1.807, 2.05) is 19.1 Å². The van der Waals surface area contributed by atoms with E-state index in [9.17, 15) is 5.11 Å². The summed E-state index contributed by atoms with van der Waals surface area (Å²) in [6, 6.07) is 3.81. The van der Waals surface area contributed by atoms with Gasteiger partial charge in [0.15, 0.2) is 5.96 Å². The summed E-state index contributed by atoms with van der Waals surface area (Å²) in [6.45, 7) is 4.90. The summed E-state index contributed by atoms with van der Waals surface area (Å²) in [5.41, 5.74) is 1.05. The quantitative estimate of drug-likeness (QED) is 0.448. The average molecular weight is 406 g/mol.